The van der Waals surface area contributed by atoms with E-state index in [1.165, 1.54) is 0 Å². The van der Waals surface area contributed by atoms with Crippen LogP contribution in [0.4, 0.5) is 4.79 Å². The van der Waals surface area contributed by atoms with Crippen molar-refractivity contribution >= 4 is 23.6 Å². The Morgan fingerprint density at radius 1 is 1.12 bits per heavy atom. The van der Waals surface area contributed by atoms with Crippen molar-refractivity contribution in [1.82, 2.24) is 10.6 Å². The summed E-state index contributed by atoms with van der Waals surface area (Å²) in [5, 5.41) is 15.2. The van der Waals surface area contributed by atoms with Crippen molar-refractivity contribution in [3.8, 4) is 17.6 Å². The molecule has 2 aromatic rings. The van der Waals surface area contributed by atoms with Gasteiger partial charge in [-0.3, -0.25) is 4.79 Å². The van der Waals surface area contributed by atoms with Crippen molar-refractivity contribution in [3.05, 3.63) is 59.1 Å². The highest BCUT2D eigenvalue weighted by Gasteiger charge is 2.31. The molecule has 3 rings (SSSR count). The molecule has 1 saturated carbocycles. The van der Waals surface area contributed by atoms with E-state index in [1.54, 1.807) is 48.5 Å². The van der Waals surface area contributed by atoms with Crippen molar-refractivity contribution in [2.24, 2.45) is 5.92 Å². The van der Waals surface area contributed by atoms with Gasteiger partial charge in [0.05, 0.1) is 17.7 Å². The molecule has 3 unspecified atom stereocenters. The quantitative estimate of drug-likeness (QED) is 0.612. The molecular weight excluding hydrogens is 430 g/mol. The Morgan fingerprint density at radius 3 is 2.50 bits per heavy atom. The third kappa shape index (κ3) is 7.17. The molecule has 1 aliphatic carbocycles. The lowest BCUT2D eigenvalue weighted by atomic mass is 9.99. The van der Waals surface area contributed by atoms with Crippen LogP contribution in [-0.4, -0.2) is 30.7 Å². The van der Waals surface area contributed by atoms with E-state index in [1.807, 2.05) is 6.92 Å². The van der Waals surface area contributed by atoms with Crippen LogP contribution in [0.1, 0.15) is 38.2 Å². The topological polar surface area (TPSA) is 100 Å². The Morgan fingerprint density at radius 2 is 1.81 bits per heavy atom. The van der Waals surface area contributed by atoms with Crippen LogP contribution < -0.4 is 20.1 Å². The number of halogens is 1. The van der Waals surface area contributed by atoms with Gasteiger partial charge in [-0.25, -0.2) is 4.79 Å². The number of hydrogen-bond acceptors (Lipinski definition) is 5. The second-order valence-electron chi connectivity index (χ2n) is 7.91. The van der Waals surface area contributed by atoms with E-state index in [0.717, 1.165) is 19.3 Å². The minimum absolute atomic E-state index is 0.0550. The molecule has 1 aliphatic rings. The molecule has 7 nitrogen and oxygen atoms in total. The molecule has 0 saturated heterocycles. The third-order valence-electron chi connectivity index (χ3n) is 5.32. The van der Waals surface area contributed by atoms with Crippen LogP contribution in [0, 0.1) is 17.2 Å². The van der Waals surface area contributed by atoms with E-state index in [4.69, 9.17) is 26.3 Å². The first-order valence-electron chi connectivity index (χ1n) is 10.6. The van der Waals surface area contributed by atoms with E-state index < -0.39 is 6.09 Å². The summed E-state index contributed by atoms with van der Waals surface area (Å²) in [4.78, 5) is 24.7. The molecule has 0 aromatic heterocycles. The molecule has 168 valence electrons. The van der Waals surface area contributed by atoms with Gasteiger partial charge in [-0.05, 0) is 74.2 Å². The van der Waals surface area contributed by atoms with Crippen molar-refractivity contribution in [2.75, 3.05) is 6.61 Å². The number of ether oxygens (including phenoxy) is 2. The first-order chi connectivity index (χ1) is 15.4. The minimum atomic E-state index is -0.534. The zero-order chi connectivity index (χ0) is 22.9. The van der Waals surface area contributed by atoms with E-state index in [-0.39, 0.29) is 23.9 Å². The lowest BCUT2D eigenvalue weighted by molar-refractivity contribution is -0.122. The Labute approximate surface area is 192 Å². The van der Waals surface area contributed by atoms with Gasteiger partial charge in [-0.2, -0.15) is 5.26 Å². The summed E-state index contributed by atoms with van der Waals surface area (Å²) in [6, 6.07) is 15.2. The predicted octanol–water partition coefficient (Wildman–Crippen LogP) is 4.44. The maximum atomic E-state index is 12.5. The monoisotopic (exact) mass is 455 g/mol. The lowest BCUT2D eigenvalue weighted by Gasteiger charge is -2.21. The number of hydrogen-bond donors (Lipinski definition) is 2. The molecule has 3 atom stereocenters. The Kier molecular flexibility index (Phi) is 8.34. The van der Waals surface area contributed by atoms with E-state index in [9.17, 15) is 9.59 Å². The number of benzene rings is 2. The summed E-state index contributed by atoms with van der Waals surface area (Å²) < 4.78 is 11.0. The maximum absolute atomic E-state index is 12.5. The van der Waals surface area contributed by atoms with Gasteiger partial charge in [0, 0.05) is 17.5 Å². The summed E-state index contributed by atoms with van der Waals surface area (Å²) in [7, 11) is 0. The zero-order valence-corrected chi connectivity index (χ0v) is 18.6. The van der Waals surface area contributed by atoms with Crippen LogP contribution in [0.15, 0.2) is 48.5 Å². The molecule has 1 fully saturated rings. The van der Waals surface area contributed by atoms with E-state index in [0.29, 0.717) is 35.1 Å². The third-order valence-corrected chi connectivity index (χ3v) is 5.58. The van der Waals surface area contributed by atoms with Crippen molar-refractivity contribution in [1.29, 1.82) is 5.26 Å². The minimum Gasteiger partial charge on any atom is -0.491 e. The summed E-state index contributed by atoms with van der Waals surface area (Å²) in [6.45, 7) is 2.19. The van der Waals surface area contributed by atoms with Gasteiger partial charge in [0.25, 0.3) is 0 Å². The molecule has 32 heavy (non-hydrogen) atoms. The molecule has 2 aromatic carbocycles. The van der Waals surface area contributed by atoms with Crippen LogP contribution in [0.25, 0.3) is 0 Å². The molecule has 2 N–H and O–H groups in total. The van der Waals surface area contributed by atoms with Gasteiger partial charge in [-0.15, -0.1) is 0 Å². The van der Waals surface area contributed by atoms with E-state index in [2.05, 4.69) is 16.7 Å². The molecular formula is C24H26ClN3O4. The number of nitriles is 1. The number of amides is 2. The highest BCUT2D eigenvalue weighted by molar-refractivity contribution is 6.30. The number of rotatable bonds is 8. The van der Waals surface area contributed by atoms with Crippen molar-refractivity contribution in [3.63, 3.8) is 0 Å². The molecule has 0 bridgehead atoms. The predicted molar refractivity (Wildman–Crippen MR) is 121 cm³/mol. The Balaban J connectivity index is 1.41. The fourth-order valence-corrected chi connectivity index (χ4v) is 3.85. The van der Waals surface area contributed by atoms with Gasteiger partial charge >= 0.3 is 6.09 Å². The van der Waals surface area contributed by atoms with Crippen LogP contribution in [0.2, 0.25) is 5.02 Å². The van der Waals surface area contributed by atoms with Crippen molar-refractivity contribution in [2.45, 2.75) is 44.7 Å². The molecule has 0 aliphatic heterocycles. The van der Waals surface area contributed by atoms with Gasteiger partial charge in [0.1, 0.15) is 18.1 Å². The number of carbonyl (C=O) groups excluding carboxylic acids is 2. The average molecular weight is 456 g/mol. The fourth-order valence-electron chi connectivity index (χ4n) is 3.72. The van der Waals surface area contributed by atoms with Gasteiger partial charge < -0.3 is 20.1 Å². The normalized spacial score (nSPS) is 18.3. The van der Waals surface area contributed by atoms with E-state index >= 15 is 0 Å². The van der Waals surface area contributed by atoms with Gasteiger partial charge in [0.15, 0.2) is 0 Å². The number of nitrogens with one attached hydrogen (secondary N) is 2. The number of nitrogens with zero attached hydrogens (tertiary/aromatic N) is 1. The second-order valence-corrected chi connectivity index (χ2v) is 8.34. The lowest BCUT2D eigenvalue weighted by Crippen LogP contribution is -2.42. The first kappa shape index (κ1) is 23.4. The van der Waals surface area contributed by atoms with Crippen LogP contribution >= 0.6 is 11.6 Å². The van der Waals surface area contributed by atoms with Gasteiger partial charge in [0.2, 0.25) is 5.91 Å². The average Bonchev–Trinajstić information content (AvgIpc) is 3.20. The fraction of sp³-hybridized carbons (Fsp3) is 0.375. The standard InChI is InChI=1S/C24H26ClN3O4/c1-16(15-31-20-9-5-17(14-26)6-10-20)27-23(29)13-18-3-2-4-22(18)28-24(30)32-21-11-7-19(25)8-12-21/h5-12,16,18,22H,2-4,13,15H2,1H3,(H,27,29)(H,28,30). The highest BCUT2D eigenvalue weighted by atomic mass is 35.5. The van der Waals surface area contributed by atoms with Crippen molar-refractivity contribution < 1.29 is 19.1 Å². The summed E-state index contributed by atoms with van der Waals surface area (Å²) in [6.07, 6.45) is 2.42. The SMILES string of the molecule is CC(COc1ccc(C#N)cc1)NC(=O)CC1CCCC1NC(=O)Oc1ccc(Cl)cc1. The smallest absolute Gasteiger partial charge is 0.412 e. The summed E-state index contributed by atoms with van der Waals surface area (Å²) >= 11 is 5.84. The molecule has 8 heteroatoms. The maximum Gasteiger partial charge on any atom is 0.412 e. The number of carbonyl (C=O) groups is 2. The molecule has 2 amide bonds. The van der Waals surface area contributed by atoms with Gasteiger partial charge in [-0.1, -0.05) is 18.0 Å². The molecule has 0 spiro atoms. The first-order valence-corrected chi connectivity index (χ1v) is 11.0. The molecule has 0 heterocycles. The highest BCUT2D eigenvalue weighted by Crippen LogP contribution is 2.28. The summed E-state index contributed by atoms with van der Waals surface area (Å²) in [5.74, 6) is 1.03. The second kappa shape index (κ2) is 11.4. The van der Waals surface area contributed by atoms with Crippen LogP contribution in [0.3, 0.4) is 0 Å². The molecule has 0 radical (unpaired) electrons. The zero-order valence-electron chi connectivity index (χ0n) is 17.8. The summed E-state index contributed by atoms with van der Waals surface area (Å²) in [5.41, 5.74) is 0.565. The largest absolute Gasteiger partial charge is 0.491 e. The Hall–Kier alpha value is -3.24. The Bertz CT molecular complexity index is 957. The van der Waals surface area contributed by atoms with Crippen LogP contribution in [0.5, 0.6) is 11.5 Å². The van der Waals surface area contributed by atoms with Crippen LogP contribution in [-0.2, 0) is 4.79 Å².